The van der Waals surface area contributed by atoms with Crippen LogP contribution in [0.1, 0.15) is 47.1 Å². The SMILES string of the molecule is CC(C)(C)[Si](C)(C)OCCNc1ncc(-c2ccc(C(F)(F)F)cc2)c2ncccc12.CC(C)(C)[Si](C)(C)OCCNc1ncc(Br)c2ncccc12. The molecule has 286 valence electrons. The highest BCUT2D eigenvalue weighted by atomic mass is 79.9. The molecule has 5 aromatic rings. The molecule has 8 nitrogen and oxygen atoms in total. The summed E-state index contributed by atoms with van der Waals surface area (Å²) >= 11 is 3.49. The van der Waals surface area contributed by atoms with Gasteiger partial charge in [-0.05, 0) is 94.2 Å². The van der Waals surface area contributed by atoms with Crippen LogP contribution in [0.25, 0.3) is 32.9 Å². The Hall–Kier alpha value is -3.44. The molecule has 0 radical (unpaired) electrons. The van der Waals surface area contributed by atoms with Gasteiger partial charge in [0.2, 0.25) is 0 Å². The van der Waals surface area contributed by atoms with Crippen molar-refractivity contribution in [3.63, 3.8) is 0 Å². The van der Waals surface area contributed by atoms with Crippen LogP contribution < -0.4 is 10.6 Å². The van der Waals surface area contributed by atoms with Gasteiger partial charge in [0.05, 0.1) is 34.3 Å². The fraction of sp³-hybridized carbons (Fsp3) is 0.436. The number of aromatic nitrogens is 4. The van der Waals surface area contributed by atoms with Crippen LogP contribution in [-0.2, 0) is 15.0 Å². The molecule has 0 saturated heterocycles. The first-order valence-corrected chi connectivity index (χ1v) is 24.3. The summed E-state index contributed by atoms with van der Waals surface area (Å²) in [5.74, 6) is 1.53. The Bertz CT molecular complexity index is 1980. The summed E-state index contributed by atoms with van der Waals surface area (Å²) in [5.41, 5.74) is 2.25. The predicted molar refractivity (Wildman–Crippen MR) is 220 cm³/mol. The van der Waals surface area contributed by atoms with Gasteiger partial charge >= 0.3 is 6.18 Å². The summed E-state index contributed by atoms with van der Waals surface area (Å²) in [6.07, 6.45) is 2.52. The maximum Gasteiger partial charge on any atom is 0.416 e. The Kier molecular flexibility index (Phi) is 13.5. The fourth-order valence-corrected chi connectivity index (χ4v) is 7.33. The summed E-state index contributed by atoms with van der Waals surface area (Å²) in [7, 11) is -3.51. The number of halogens is 4. The second-order valence-corrected chi connectivity index (χ2v) is 26.4. The summed E-state index contributed by atoms with van der Waals surface area (Å²) in [6.45, 7) is 24.9. The lowest BCUT2D eigenvalue weighted by Crippen LogP contribution is -2.41. The highest BCUT2D eigenvalue weighted by Crippen LogP contribution is 2.38. The van der Waals surface area contributed by atoms with E-state index in [-0.39, 0.29) is 10.1 Å². The minimum atomic E-state index is -4.36. The van der Waals surface area contributed by atoms with Gasteiger partial charge in [-0.2, -0.15) is 13.2 Å². The number of hydrogen-bond acceptors (Lipinski definition) is 8. The van der Waals surface area contributed by atoms with Gasteiger partial charge in [-0.25, -0.2) is 9.97 Å². The Labute approximate surface area is 322 Å². The van der Waals surface area contributed by atoms with E-state index < -0.39 is 28.4 Å². The molecule has 0 aliphatic rings. The topological polar surface area (TPSA) is 94.1 Å². The van der Waals surface area contributed by atoms with E-state index in [9.17, 15) is 13.2 Å². The van der Waals surface area contributed by atoms with Gasteiger partial charge in [-0.1, -0.05) is 53.7 Å². The van der Waals surface area contributed by atoms with Crippen LogP contribution in [0.2, 0.25) is 36.3 Å². The van der Waals surface area contributed by atoms with Crippen molar-refractivity contribution >= 4 is 66.0 Å². The van der Waals surface area contributed by atoms with E-state index >= 15 is 0 Å². The van der Waals surface area contributed by atoms with Crippen molar-refractivity contribution in [2.75, 3.05) is 36.9 Å². The van der Waals surface area contributed by atoms with E-state index in [2.05, 4.69) is 114 Å². The molecule has 0 unspecified atom stereocenters. The minimum absolute atomic E-state index is 0.144. The molecule has 53 heavy (non-hydrogen) atoms. The second kappa shape index (κ2) is 16.9. The zero-order valence-electron chi connectivity index (χ0n) is 32.4. The second-order valence-electron chi connectivity index (χ2n) is 15.9. The monoisotopic (exact) mass is 828 g/mol. The number of nitrogens with one attached hydrogen (secondary N) is 2. The van der Waals surface area contributed by atoms with E-state index in [1.807, 2.05) is 24.3 Å². The van der Waals surface area contributed by atoms with Crippen molar-refractivity contribution in [1.29, 1.82) is 0 Å². The van der Waals surface area contributed by atoms with Crippen molar-refractivity contribution in [3.05, 3.63) is 83.4 Å². The maximum absolute atomic E-state index is 12.9. The number of fused-ring (bicyclic) bond motifs is 2. The summed E-state index contributed by atoms with van der Waals surface area (Å²) < 4.78 is 51.9. The van der Waals surface area contributed by atoms with E-state index in [0.29, 0.717) is 42.2 Å². The highest BCUT2D eigenvalue weighted by molar-refractivity contribution is 9.10. The molecule has 0 bridgehead atoms. The van der Waals surface area contributed by atoms with Crippen LogP contribution in [-0.4, -0.2) is 62.9 Å². The molecule has 0 fully saturated rings. The Balaban J connectivity index is 0.000000251. The van der Waals surface area contributed by atoms with E-state index in [1.165, 1.54) is 12.1 Å². The first-order chi connectivity index (χ1) is 24.6. The molecule has 4 heterocycles. The molecule has 14 heteroatoms. The molecular formula is C39H52BrF3N6O2Si2. The standard InChI is InChI=1S/C23H28F3N3OSi.C16H24BrN3OSi/c1-22(2,3)31(4,5)30-14-13-28-21-18-7-6-12-27-20(18)19(15-29-21)16-8-10-17(11-9-16)23(24,25)26;1-16(2,3)22(4,5)21-10-9-19-15-12-7-6-8-18-14(12)13(17)11-20-15/h6-12,15H,13-14H2,1-5H3,(H,28,29);6-8,11H,9-10H2,1-5H3,(H,19,20). The lowest BCUT2D eigenvalue weighted by molar-refractivity contribution is -0.137. The molecule has 0 aliphatic carbocycles. The molecule has 0 amide bonds. The first kappa shape index (κ1) is 42.3. The number of hydrogen-bond donors (Lipinski definition) is 2. The third-order valence-corrected chi connectivity index (χ3v) is 19.7. The molecular weight excluding hydrogens is 778 g/mol. The van der Waals surface area contributed by atoms with Gasteiger partial charge in [0.25, 0.3) is 0 Å². The van der Waals surface area contributed by atoms with Crippen molar-refractivity contribution < 1.29 is 22.0 Å². The average molecular weight is 830 g/mol. The van der Waals surface area contributed by atoms with Crippen LogP contribution >= 0.6 is 15.9 Å². The number of pyridine rings is 4. The summed E-state index contributed by atoms with van der Waals surface area (Å²) in [4.78, 5) is 17.8. The molecule has 0 spiro atoms. The highest BCUT2D eigenvalue weighted by Gasteiger charge is 2.37. The Morgan fingerprint density at radius 3 is 1.57 bits per heavy atom. The maximum atomic E-state index is 12.9. The third kappa shape index (κ3) is 10.8. The molecule has 2 N–H and O–H groups in total. The van der Waals surface area contributed by atoms with E-state index in [1.54, 1.807) is 24.8 Å². The van der Waals surface area contributed by atoms with Gasteiger partial charge in [-0.15, -0.1) is 0 Å². The van der Waals surface area contributed by atoms with Gasteiger partial charge in [-0.3, -0.25) is 9.97 Å². The molecule has 5 rings (SSSR count). The van der Waals surface area contributed by atoms with Crippen LogP contribution in [0, 0.1) is 0 Å². The van der Waals surface area contributed by atoms with Crippen molar-refractivity contribution in [2.45, 2.75) is 84.0 Å². The molecule has 4 aromatic heterocycles. The Morgan fingerprint density at radius 2 is 1.09 bits per heavy atom. The third-order valence-electron chi connectivity index (χ3n) is 10.1. The zero-order chi connectivity index (χ0) is 39.2. The first-order valence-electron chi connectivity index (χ1n) is 17.7. The smallest absolute Gasteiger partial charge is 0.415 e. The minimum Gasteiger partial charge on any atom is -0.415 e. The molecule has 0 saturated carbocycles. The Morgan fingerprint density at radius 1 is 0.642 bits per heavy atom. The van der Waals surface area contributed by atoms with Gasteiger partial charge in [0.15, 0.2) is 16.6 Å². The summed E-state index contributed by atoms with van der Waals surface area (Å²) in [6, 6.07) is 12.7. The quantitative estimate of drug-likeness (QED) is 0.100. The van der Waals surface area contributed by atoms with Gasteiger partial charge in [0, 0.05) is 54.2 Å². The zero-order valence-corrected chi connectivity index (χ0v) is 36.0. The van der Waals surface area contributed by atoms with Crippen LogP contribution in [0.3, 0.4) is 0 Å². The lowest BCUT2D eigenvalue weighted by Gasteiger charge is -2.36. The summed E-state index contributed by atoms with van der Waals surface area (Å²) in [5, 5.41) is 8.89. The van der Waals surface area contributed by atoms with Crippen molar-refractivity contribution in [3.8, 4) is 11.1 Å². The lowest BCUT2D eigenvalue weighted by atomic mass is 10.0. The average Bonchev–Trinajstić information content (AvgIpc) is 3.08. The molecule has 0 atom stereocenters. The molecule has 0 aliphatic heterocycles. The number of nitrogens with zero attached hydrogens (tertiary/aromatic N) is 4. The van der Waals surface area contributed by atoms with Crippen LogP contribution in [0.15, 0.2) is 77.8 Å². The normalized spacial score (nSPS) is 12.8. The number of benzene rings is 1. The number of rotatable bonds is 11. The number of alkyl halides is 3. The van der Waals surface area contributed by atoms with Gasteiger partial charge < -0.3 is 19.5 Å². The fourth-order valence-electron chi connectivity index (χ4n) is 4.83. The van der Waals surface area contributed by atoms with Gasteiger partial charge in [0.1, 0.15) is 11.6 Å². The predicted octanol–water partition coefficient (Wildman–Crippen LogP) is 11.6. The number of anilines is 2. The van der Waals surface area contributed by atoms with Crippen LogP contribution in [0.4, 0.5) is 24.8 Å². The van der Waals surface area contributed by atoms with E-state index in [0.717, 1.165) is 45.3 Å². The molecule has 1 aromatic carbocycles. The van der Waals surface area contributed by atoms with Crippen LogP contribution in [0.5, 0.6) is 0 Å². The largest absolute Gasteiger partial charge is 0.416 e. The van der Waals surface area contributed by atoms with Crippen molar-refractivity contribution in [1.82, 2.24) is 19.9 Å². The van der Waals surface area contributed by atoms with E-state index in [4.69, 9.17) is 8.85 Å². The van der Waals surface area contributed by atoms with Crippen molar-refractivity contribution in [2.24, 2.45) is 0 Å².